The number of carbonyl (C=O) groups excluding carboxylic acids is 2. The highest BCUT2D eigenvalue weighted by Gasteiger charge is 2.26. The van der Waals surface area contributed by atoms with Crippen LogP contribution in [0.3, 0.4) is 0 Å². The summed E-state index contributed by atoms with van der Waals surface area (Å²) in [6, 6.07) is 10.9. The molecule has 0 unspecified atom stereocenters. The lowest BCUT2D eigenvalue weighted by Gasteiger charge is -2.34. The van der Waals surface area contributed by atoms with Crippen molar-refractivity contribution in [2.24, 2.45) is 0 Å². The maximum absolute atomic E-state index is 13.1. The van der Waals surface area contributed by atoms with Crippen LogP contribution in [-0.4, -0.2) is 54.4 Å². The molecule has 1 aliphatic heterocycles. The minimum absolute atomic E-state index is 0.0562. The molecular weight excluding hydrogens is 439 g/mol. The minimum atomic E-state index is -0.488. The van der Waals surface area contributed by atoms with Crippen LogP contribution in [0.25, 0.3) is 0 Å². The zero-order valence-electron chi connectivity index (χ0n) is 14.3. The van der Waals surface area contributed by atoms with Gasteiger partial charge in [0.2, 0.25) is 0 Å². The Morgan fingerprint density at radius 1 is 1.04 bits per heavy atom. The number of halogens is 3. The highest BCUT2D eigenvalue weighted by Crippen LogP contribution is 2.20. The number of hydrogen-bond acceptors (Lipinski definition) is 3. The van der Waals surface area contributed by atoms with E-state index in [0.717, 1.165) is 10.5 Å². The van der Waals surface area contributed by atoms with Crippen LogP contribution in [0, 0.1) is 5.82 Å². The molecule has 2 amide bonds. The van der Waals surface area contributed by atoms with Crippen molar-refractivity contribution in [2.75, 3.05) is 32.8 Å². The van der Waals surface area contributed by atoms with E-state index in [2.05, 4.69) is 15.9 Å². The lowest BCUT2D eigenvalue weighted by Crippen LogP contribution is -2.51. The van der Waals surface area contributed by atoms with Gasteiger partial charge in [0, 0.05) is 30.7 Å². The second-order valence-electron chi connectivity index (χ2n) is 6.04. The van der Waals surface area contributed by atoms with Gasteiger partial charge >= 0.3 is 0 Å². The lowest BCUT2D eigenvalue weighted by molar-refractivity contribution is -0.134. The predicted molar refractivity (Wildman–Crippen MR) is 104 cm³/mol. The Bertz CT molecular complexity index is 839. The summed E-state index contributed by atoms with van der Waals surface area (Å²) in [5.74, 6) is -0.271. The van der Waals surface area contributed by atoms with Gasteiger partial charge in [0.1, 0.15) is 11.6 Å². The summed E-state index contributed by atoms with van der Waals surface area (Å²) in [5, 5.41) is 0.0846. The van der Waals surface area contributed by atoms with Crippen molar-refractivity contribution in [2.45, 2.75) is 0 Å². The number of amides is 2. The Hall–Kier alpha value is -2.12. The normalized spacial score (nSPS) is 14.2. The highest BCUT2D eigenvalue weighted by molar-refractivity contribution is 9.10. The molecule has 0 N–H and O–H groups in total. The molecule has 0 spiro atoms. The van der Waals surface area contributed by atoms with Gasteiger partial charge in [-0.1, -0.05) is 27.5 Å². The Morgan fingerprint density at radius 3 is 2.30 bits per heavy atom. The molecule has 1 heterocycles. The summed E-state index contributed by atoms with van der Waals surface area (Å²) in [7, 11) is 0. The molecule has 1 aliphatic rings. The minimum Gasteiger partial charge on any atom is -0.484 e. The van der Waals surface area contributed by atoms with E-state index in [9.17, 15) is 14.0 Å². The number of hydrogen-bond donors (Lipinski definition) is 0. The lowest BCUT2D eigenvalue weighted by atomic mass is 10.1. The molecule has 0 radical (unpaired) electrons. The van der Waals surface area contributed by atoms with Crippen LogP contribution in [0.1, 0.15) is 10.4 Å². The summed E-state index contributed by atoms with van der Waals surface area (Å²) in [6.07, 6.45) is 0. The van der Waals surface area contributed by atoms with E-state index in [1.165, 1.54) is 12.1 Å². The van der Waals surface area contributed by atoms with E-state index in [1.807, 2.05) is 12.1 Å². The number of carbonyl (C=O) groups is 2. The Balaban J connectivity index is 1.51. The second-order valence-corrected chi connectivity index (χ2v) is 7.36. The van der Waals surface area contributed by atoms with Gasteiger partial charge in [-0.05, 0) is 42.5 Å². The van der Waals surface area contributed by atoms with Crippen LogP contribution in [0.5, 0.6) is 5.75 Å². The molecule has 0 aromatic heterocycles. The summed E-state index contributed by atoms with van der Waals surface area (Å²) in [4.78, 5) is 28.1. The van der Waals surface area contributed by atoms with Gasteiger partial charge in [0.25, 0.3) is 11.8 Å². The Morgan fingerprint density at radius 2 is 1.67 bits per heavy atom. The third kappa shape index (κ3) is 4.99. The van der Waals surface area contributed by atoms with Crippen LogP contribution in [0.15, 0.2) is 46.9 Å². The Kier molecular flexibility index (Phi) is 6.34. The van der Waals surface area contributed by atoms with E-state index in [1.54, 1.807) is 21.9 Å². The molecule has 8 heteroatoms. The van der Waals surface area contributed by atoms with Crippen molar-refractivity contribution in [3.8, 4) is 5.75 Å². The summed E-state index contributed by atoms with van der Waals surface area (Å²) < 4.78 is 19.6. The monoisotopic (exact) mass is 454 g/mol. The molecule has 2 aromatic rings. The highest BCUT2D eigenvalue weighted by atomic mass is 79.9. The summed E-state index contributed by atoms with van der Waals surface area (Å²) in [5.41, 5.74) is 0.261. The molecule has 3 rings (SSSR count). The van der Waals surface area contributed by atoms with Crippen LogP contribution < -0.4 is 4.74 Å². The van der Waals surface area contributed by atoms with E-state index in [4.69, 9.17) is 16.3 Å². The molecule has 2 aromatic carbocycles. The molecule has 0 bridgehead atoms. The van der Waals surface area contributed by atoms with Gasteiger partial charge in [0.15, 0.2) is 6.61 Å². The van der Waals surface area contributed by atoms with Crippen molar-refractivity contribution >= 4 is 39.3 Å². The standard InChI is InChI=1S/C19H17BrClFN2O3/c20-13-1-4-15(5-2-13)27-12-18(25)23-7-9-24(10-8-23)19(26)16-6-3-14(22)11-17(16)21/h1-6,11H,7-10,12H2. The van der Waals surface area contributed by atoms with E-state index >= 15 is 0 Å². The predicted octanol–water partition coefficient (Wildman–Crippen LogP) is 3.61. The van der Waals surface area contributed by atoms with Gasteiger partial charge in [-0.25, -0.2) is 4.39 Å². The topological polar surface area (TPSA) is 49.9 Å². The quantitative estimate of drug-likeness (QED) is 0.708. The molecule has 0 atom stereocenters. The average molecular weight is 456 g/mol. The molecule has 0 saturated carbocycles. The molecule has 1 fully saturated rings. The Labute approximate surface area is 169 Å². The van der Waals surface area contributed by atoms with Gasteiger partial charge in [0.05, 0.1) is 10.6 Å². The van der Waals surface area contributed by atoms with Gasteiger partial charge in [-0.15, -0.1) is 0 Å². The zero-order valence-corrected chi connectivity index (χ0v) is 16.7. The second kappa shape index (κ2) is 8.71. The first-order chi connectivity index (χ1) is 12.9. The fourth-order valence-electron chi connectivity index (χ4n) is 2.76. The van der Waals surface area contributed by atoms with Gasteiger partial charge in [-0.3, -0.25) is 9.59 Å². The fraction of sp³-hybridized carbons (Fsp3) is 0.263. The summed E-state index contributed by atoms with van der Waals surface area (Å²) >= 11 is 9.30. The first-order valence-electron chi connectivity index (χ1n) is 8.34. The van der Waals surface area contributed by atoms with E-state index < -0.39 is 5.82 Å². The first kappa shape index (κ1) is 19.6. The van der Waals surface area contributed by atoms with Crippen molar-refractivity contribution in [1.82, 2.24) is 9.80 Å². The van der Waals surface area contributed by atoms with Crippen molar-refractivity contribution in [3.05, 3.63) is 63.3 Å². The molecule has 0 aliphatic carbocycles. The third-order valence-corrected chi connectivity index (χ3v) is 5.10. The van der Waals surface area contributed by atoms with Crippen LogP contribution in [-0.2, 0) is 4.79 Å². The molecular formula is C19H17BrClFN2O3. The number of piperazine rings is 1. The van der Waals surface area contributed by atoms with Crippen LogP contribution in [0.4, 0.5) is 4.39 Å². The number of rotatable bonds is 4. The first-order valence-corrected chi connectivity index (χ1v) is 9.51. The SMILES string of the molecule is O=C(COc1ccc(Br)cc1)N1CCN(C(=O)c2ccc(F)cc2Cl)CC1. The largest absolute Gasteiger partial charge is 0.484 e. The smallest absolute Gasteiger partial charge is 0.260 e. The van der Waals surface area contributed by atoms with Gasteiger partial charge < -0.3 is 14.5 Å². The number of ether oxygens (including phenoxy) is 1. The maximum Gasteiger partial charge on any atom is 0.260 e. The van der Waals surface area contributed by atoms with Crippen molar-refractivity contribution in [1.29, 1.82) is 0 Å². The van der Waals surface area contributed by atoms with Crippen molar-refractivity contribution in [3.63, 3.8) is 0 Å². The molecule has 1 saturated heterocycles. The van der Waals surface area contributed by atoms with Gasteiger partial charge in [-0.2, -0.15) is 0 Å². The van der Waals surface area contributed by atoms with Crippen LogP contribution >= 0.6 is 27.5 Å². The van der Waals surface area contributed by atoms with E-state index in [0.29, 0.717) is 31.9 Å². The van der Waals surface area contributed by atoms with Crippen molar-refractivity contribution < 1.29 is 18.7 Å². The average Bonchev–Trinajstić information content (AvgIpc) is 2.67. The number of benzene rings is 2. The van der Waals surface area contributed by atoms with Crippen LogP contribution in [0.2, 0.25) is 5.02 Å². The third-order valence-electron chi connectivity index (χ3n) is 4.26. The summed E-state index contributed by atoms with van der Waals surface area (Å²) in [6.45, 7) is 1.53. The molecule has 5 nitrogen and oxygen atoms in total. The molecule has 142 valence electrons. The maximum atomic E-state index is 13.1. The zero-order chi connectivity index (χ0) is 19.4. The molecule has 27 heavy (non-hydrogen) atoms. The number of nitrogens with zero attached hydrogens (tertiary/aromatic N) is 2. The van der Waals surface area contributed by atoms with E-state index in [-0.39, 0.29) is 29.0 Å². The fourth-order valence-corrected chi connectivity index (χ4v) is 3.27.